The molecule has 4 rings (SSSR count). The summed E-state index contributed by atoms with van der Waals surface area (Å²) in [4.78, 5) is 27.2. The highest BCUT2D eigenvalue weighted by molar-refractivity contribution is 9.10. The highest BCUT2D eigenvalue weighted by atomic mass is 79.9. The van der Waals surface area contributed by atoms with Crippen molar-refractivity contribution in [3.63, 3.8) is 0 Å². The van der Waals surface area contributed by atoms with Crippen molar-refractivity contribution in [2.45, 2.75) is 6.54 Å². The van der Waals surface area contributed by atoms with Crippen LogP contribution in [0.5, 0.6) is 5.75 Å². The molecule has 2 amide bonds. The molecule has 150 valence electrons. The minimum Gasteiger partial charge on any atom is -0.449 e. The van der Waals surface area contributed by atoms with Crippen molar-refractivity contribution >= 4 is 39.5 Å². The van der Waals surface area contributed by atoms with Gasteiger partial charge in [0.05, 0.1) is 5.69 Å². The fourth-order valence-corrected chi connectivity index (χ4v) is 3.55. The first-order valence-corrected chi connectivity index (χ1v) is 10.3. The molecule has 1 N–H and O–H groups in total. The van der Waals surface area contributed by atoms with Crippen molar-refractivity contribution in [3.05, 3.63) is 100 Å². The smallest absolute Gasteiger partial charge is 0.294 e. The molecule has 0 radical (unpaired) electrons. The molecule has 0 fully saturated rings. The molecule has 0 saturated heterocycles. The van der Waals surface area contributed by atoms with Gasteiger partial charge in [-0.1, -0.05) is 76.6 Å². The van der Waals surface area contributed by atoms with Crippen molar-refractivity contribution in [1.29, 1.82) is 0 Å². The highest BCUT2D eigenvalue weighted by Gasteiger charge is 2.31. The van der Waals surface area contributed by atoms with Gasteiger partial charge in [0.25, 0.3) is 5.91 Å². The second kappa shape index (κ2) is 8.97. The molecule has 0 aromatic heterocycles. The van der Waals surface area contributed by atoms with E-state index in [2.05, 4.69) is 21.2 Å². The molecule has 1 heterocycles. The number of ether oxygens (including phenoxy) is 1. The van der Waals surface area contributed by atoms with Crippen LogP contribution in [0.4, 0.5) is 5.69 Å². The lowest BCUT2D eigenvalue weighted by molar-refractivity contribution is -0.123. The number of hydrogen-bond donors (Lipinski definition) is 1. The van der Waals surface area contributed by atoms with E-state index in [1.54, 1.807) is 18.2 Å². The van der Waals surface area contributed by atoms with E-state index in [4.69, 9.17) is 4.74 Å². The Labute approximate surface area is 183 Å². The number of para-hydroxylation sites is 2. The largest absolute Gasteiger partial charge is 0.449 e. The maximum absolute atomic E-state index is 13.2. The standard InChI is InChI=1S/C24H19BrN2O3/c25-19-11-5-4-10-18(19)14-22-24(29)27(20-12-6-7-13-21(20)30-22)16-23(28)26-15-17-8-2-1-3-9-17/h1-14H,15-16H2,(H,26,28)/b22-14+. The van der Waals surface area contributed by atoms with Crippen LogP contribution in [0.15, 0.2) is 89.1 Å². The molecule has 6 heteroatoms. The first-order valence-electron chi connectivity index (χ1n) is 9.47. The molecule has 0 aliphatic carbocycles. The molecule has 30 heavy (non-hydrogen) atoms. The second-order valence-corrected chi connectivity index (χ2v) is 7.61. The van der Waals surface area contributed by atoms with Crippen molar-refractivity contribution in [1.82, 2.24) is 5.32 Å². The number of benzene rings is 3. The Kier molecular flexibility index (Phi) is 5.95. The predicted octanol–water partition coefficient (Wildman–Crippen LogP) is 4.53. The highest BCUT2D eigenvalue weighted by Crippen LogP contribution is 2.35. The number of fused-ring (bicyclic) bond motifs is 1. The summed E-state index contributed by atoms with van der Waals surface area (Å²) in [5.74, 6) is 0.0891. The molecule has 0 saturated carbocycles. The van der Waals surface area contributed by atoms with Crippen molar-refractivity contribution in [2.24, 2.45) is 0 Å². The number of amides is 2. The van der Waals surface area contributed by atoms with E-state index in [0.717, 1.165) is 15.6 Å². The summed E-state index contributed by atoms with van der Waals surface area (Å²) < 4.78 is 6.71. The summed E-state index contributed by atoms with van der Waals surface area (Å²) >= 11 is 3.48. The van der Waals surface area contributed by atoms with Gasteiger partial charge < -0.3 is 10.1 Å². The topological polar surface area (TPSA) is 58.6 Å². The van der Waals surface area contributed by atoms with Gasteiger partial charge in [-0.3, -0.25) is 14.5 Å². The third-order valence-electron chi connectivity index (χ3n) is 4.66. The summed E-state index contributed by atoms with van der Waals surface area (Å²) in [6.45, 7) is 0.304. The van der Waals surface area contributed by atoms with Crippen molar-refractivity contribution in [3.8, 4) is 5.75 Å². The number of carbonyl (C=O) groups is 2. The Bertz CT molecular complexity index is 1110. The van der Waals surface area contributed by atoms with E-state index >= 15 is 0 Å². The maximum atomic E-state index is 13.2. The van der Waals surface area contributed by atoms with Crippen LogP contribution >= 0.6 is 15.9 Å². The minimum absolute atomic E-state index is 0.0979. The zero-order valence-corrected chi connectivity index (χ0v) is 17.6. The molecule has 1 aliphatic rings. The van der Waals surface area contributed by atoms with Crippen LogP contribution in [0.25, 0.3) is 6.08 Å². The lowest BCUT2D eigenvalue weighted by Gasteiger charge is -2.30. The normalized spacial score (nSPS) is 14.2. The van der Waals surface area contributed by atoms with E-state index in [0.29, 0.717) is 18.0 Å². The summed E-state index contributed by atoms with van der Waals surface area (Å²) in [6, 6.07) is 24.4. The van der Waals surface area contributed by atoms with Gasteiger partial charge in [-0.15, -0.1) is 0 Å². The molecular formula is C24H19BrN2O3. The van der Waals surface area contributed by atoms with Gasteiger partial charge in [-0.05, 0) is 35.4 Å². The van der Waals surface area contributed by atoms with Gasteiger partial charge in [-0.25, -0.2) is 0 Å². The van der Waals surface area contributed by atoms with Gasteiger partial charge in [0.1, 0.15) is 6.54 Å². The van der Waals surface area contributed by atoms with Crippen LogP contribution in [-0.2, 0) is 16.1 Å². The molecule has 0 atom stereocenters. The Morgan fingerprint density at radius 1 is 0.967 bits per heavy atom. The Morgan fingerprint density at radius 2 is 1.67 bits per heavy atom. The number of anilines is 1. The number of halogens is 1. The monoisotopic (exact) mass is 462 g/mol. The first-order chi connectivity index (χ1) is 14.6. The van der Waals surface area contributed by atoms with E-state index < -0.39 is 0 Å². The SMILES string of the molecule is O=C(CN1C(=O)/C(=C\c2ccccc2Br)Oc2ccccc21)NCc1ccccc1. The average molecular weight is 463 g/mol. The zero-order valence-electron chi connectivity index (χ0n) is 16.0. The van der Waals surface area contributed by atoms with Gasteiger partial charge in [0, 0.05) is 11.0 Å². The second-order valence-electron chi connectivity index (χ2n) is 6.75. The van der Waals surface area contributed by atoms with E-state index in [-0.39, 0.29) is 24.1 Å². The summed E-state index contributed by atoms with van der Waals surface area (Å²) in [6.07, 6.45) is 1.68. The minimum atomic E-state index is -0.362. The first kappa shape index (κ1) is 19.9. The van der Waals surface area contributed by atoms with Gasteiger partial charge in [0.15, 0.2) is 11.5 Å². The Balaban J connectivity index is 1.57. The molecule has 0 bridgehead atoms. The van der Waals surface area contributed by atoms with Crippen LogP contribution in [0.1, 0.15) is 11.1 Å². The fraction of sp³-hybridized carbons (Fsp3) is 0.0833. The van der Waals surface area contributed by atoms with Crippen LogP contribution < -0.4 is 15.0 Å². The number of nitrogens with zero attached hydrogens (tertiary/aromatic N) is 1. The molecule has 1 aliphatic heterocycles. The van der Waals surface area contributed by atoms with Crippen LogP contribution in [-0.4, -0.2) is 18.4 Å². The number of nitrogens with one attached hydrogen (secondary N) is 1. The average Bonchev–Trinajstić information content (AvgIpc) is 2.77. The summed E-state index contributed by atoms with van der Waals surface area (Å²) in [5, 5.41) is 2.87. The Morgan fingerprint density at radius 3 is 2.47 bits per heavy atom. The van der Waals surface area contributed by atoms with E-state index in [1.165, 1.54) is 4.90 Å². The lowest BCUT2D eigenvalue weighted by Crippen LogP contribution is -2.44. The van der Waals surface area contributed by atoms with Crippen LogP contribution in [0, 0.1) is 0 Å². The van der Waals surface area contributed by atoms with Gasteiger partial charge in [0.2, 0.25) is 5.91 Å². The predicted molar refractivity (Wildman–Crippen MR) is 120 cm³/mol. The number of carbonyl (C=O) groups excluding carboxylic acids is 2. The van der Waals surface area contributed by atoms with Gasteiger partial charge in [-0.2, -0.15) is 0 Å². The molecule has 0 spiro atoms. The molecule has 0 unspecified atom stereocenters. The third kappa shape index (κ3) is 4.44. The van der Waals surface area contributed by atoms with Crippen LogP contribution in [0.3, 0.4) is 0 Å². The van der Waals surface area contributed by atoms with E-state index in [1.807, 2.05) is 66.7 Å². The van der Waals surface area contributed by atoms with Crippen molar-refractivity contribution < 1.29 is 14.3 Å². The molecule has 3 aromatic rings. The Hall–Kier alpha value is -3.38. The molecular weight excluding hydrogens is 444 g/mol. The quantitative estimate of drug-likeness (QED) is 0.566. The lowest BCUT2D eigenvalue weighted by atomic mass is 10.1. The summed E-state index contributed by atoms with van der Waals surface area (Å²) in [7, 11) is 0. The maximum Gasteiger partial charge on any atom is 0.294 e. The van der Waals surface area contributed by atoms with Crippen LogP contribution in [0.2, 0.25) is 0 Å². The van der Waals surface area contributed by atoms with Gasteiger partial charge >= 0.3 is 0 Å². The molecule has 3 aromatic carbocycles. The van der Waals surface area contributed by atoms with E-state index in [9.17, 15) is 9.59 Å². The number of rotatable bonds is 5. The fourth-order valence-electron chi connectivity index (χ4n) is 3.15. The van der Waals surface area contributed by atoms with Crippen molar-refractivity contribution in [2.75, 3.05) is 11.4 Å². The third-order valence-corrected chi connectivity index (χ3v) is 5.38. The number of hydrogen-bond acceptors (Lipinski definition) is 3. The summed E-state index contributed by atoms with van der Waals surface area (Å²) in [5.41, 5.74) is 2.38. The zero-order chi connectivity index (χ0) is 20.9. The molecule has 5 nitrogen and oxygen atoms in total.